The molecule has 3 aromatic rings. The highest BCUT2D eigenvalue weighted by Gasteiger charge is 2.16. The zero-order chi connectivity index (χ0) is 13.1. The number of H-pyrrole nitrogens is 1. The fourth-order valence-corrected chi connectivity index (χ4v) is 2.32. The monoisotopic (exact) mass is 250 g/mol. The van der Waals surface area contributed by atoms with Gasteiger partial charge in [-0.3, -0.25) is 4.57 Å². The van der Waals surface area contributed by atoms with Gasteiger partial charge in [0.2, 0.25) is 0 Å². The summed E-state index contributed by atoms with van der Waals surface area (Å²) in [5, 5.41) is 0. The molecule has 3 heteroatoms. The molecule has 0 radical (unpaired) electrons. The molecule has 0 aliphatic heterocycles. The highest BCUT2D eigenvalue weighted by atomic mass is 16.1. The summed E-state index contributed by atoms with van der Waals surface area (Å²) in [5.74, 6) is 0. The predicted molar refractivity (Wildman–Crippen MR) is 75.2 cm³/mol. The first-order valence-electron chi connectivity index (χ1n) is 6.21. The molecule has 0 spiro atoms. The average molecular weight is 250 g/mol. The molecule has 0 unspecified atom stereocenters. The Bertz CT molecular complexity index is 659. The standard InChI is InChI=1S/C16H14N2O/c19-16-17-11-12-18(16)15(13-7-3-1-4-8-13)14-9-5-2-6-10-14/h1-12,15H,(H,17,19). The average Bonchev–Trinajstić information content (AvgIpc) is 2.88. The number of hydrogen-bond donors (Lipinski definition) is 1. The van der Waals surface area contributed by atoms with Gasteiger partial charge in [-0.15, -0.1) is 0 Å². The van der Waals surface area contributed by atoms with Crippen LogP contribution >= 0.6 is 0 Å². The zero-order valence-corrected chi connectivity index (χ0v) is 10.4. The number of rotatable bonds is 3. The van der Waals surface area contributed by atoms with Gasteiger partial charge in [-0.05, 0) is 11.1 Å². The van der Waals surface area contributed by atoms with Crippen LogP contribution in [0.25, 0.3) is 0 Å². The van der Waals surface area contributed by atoms with E-state index in [-0.39, 0.29) is 11.7 Å². The van der Waals surface area contributed by atoms with Gasteiger partial charge in [-0.1, -0.05) is 60.7 Å². The number of nitrogens with zero attached hydrogens (tertiary/aromatic N) is 1. The number of imidazole rings is 1. The third-order valence-electron chi connectivity index (χ3n) is 3.19. The summed E-state index contributed by atoms with van der Waals surface area (Å²) in [6.07, 6.45) is 3.45. The minimum atomic E-state index is -0.0993. The molecular weight excluding hydrogens is 236 g/mol. The lowest BCUT2D eigenvalue weighted by Crippen LogP contribution is -2.23. The fraction of sp³-hybridized carbons (Fsp3) is 0.0625. The molecular formula is C16H14N2O. The molecule has 94 valence electrons. The first kappa shape index (κ1) is 11.5. The van der Waals surface area contributed by atoms with Crippen LogP contribution in [-0.4, -0.2) is 9.55 Å². The number of nitrogens with one attached hydrogen (secondary N) is 1. The van der Waals surface area contributed by atoms with Crippen molar-refractivity contribution in [3.05, 3.63) is 94.7 Å². The van der Waals surface area contributed by atoms with Crippen molar-refractivity contribution < 1.29 is 0 Å². The first-order chi connectivity index (χ1) is 9.36. The van der Waals surface area contributed by atoms with Crippen LogP contribution in [0.4, 0.5) is 0 Å². The summed E-state index contributed by atoms with van der Waals surface area (Å²) in [6.45, 7) is 0. The van der Waals surface area contributed by atoms with E-state index in [1.807, 2.05) is 60.7 Å². The number of aromatic amines is 1. The third-order valence-corrected chi connectivity index (χ3v) is 3.19. The molecule has 0 fully saturated rings. The van der Waals surface area contributed by atoms with E-state index in [4.69, 9.17) is 0 Å². The normalized spacial score (nSPS) is 10.8. The predicted octanol–water partition coefficient (Wildman–Crippen LogP) is 2.81. The van der Waals surface area contributed by atoms with Gasteiger partial charge in [0, 0.05) is 12.4 Å². The van der Waals surface area contributed by atoms with Crippen LogP contribution in [-0.2, 0) is 0 Å². The van der Waals surface area contributed by atoms with Crippen LogP contribution < -0.4 is 5.69 Å². The van der Waals surface area contributed by atoms with Crippen molar-refractivity contribution in [2.45, 2.75) is 6.04 Å². The quantitative estimate of drug-likeness (QED) is 0.762. The highest BCUT2D eigenvalue weighted by molar-refractivity contribution is 5.32. The molecule has 1 N–H and O–H groups in total. The second kappa shape index (κ2) is 4.98. The Morgan fingerprint density at radius 2 is 1.37 bits per heavy atom. The number of hydrogen-bond acceptors (Lipinski definition) is 1. The lowest BCUT2D eigenvalue weighted by Gasteiger charge is -2.18. The second-order valence-corrected chi connectivity index (χ2v) is 4.40. The van der Waals surface area contributed by atoms with Crippen molar-refractivity contribution in [3.8, 4) is 0 Å². The minimum absolute atomic E-state index is 0.0962. The molecule has 3 nitrogen and oxygen atoms in total. The molecule has 0 bridgehead atoms. The van der Waals surface area contributed by atoms with Gasteiger partial charge in [0.15, 0.2) is 0 Å². The summed E-state index contributed by atoms with van der Waals surface area (Å²) in [6, 6.07) is 20.0. The molecule has 1 heterocycles. The summed E-state index contributed by atoms with van der Waals surface area (Å²) in [4.78, 5) is 14.6. The van der Waals surface area contributed by atoms with Gasteiger partial charge >= 0.3 is 5.69 Å². The van der Waals surface area contributed by atoms with Gasteiger partial charge in [-0.2, -0.15) is 0 Å². The van der Waals surface area contributed by atoms with Crippen molar-refractivity contribution in [1.29, 1.82) is 0 Å². The van der Waals surface area contributed by atoms with E-state index in [9.17, 15) is 4.79 Å². The number of benzene rings is 2. The summed E-state index contributed by atoms with van der Waals surface area (Å²) in [7, 11) is 0. The third kappa shape index (κ3) is 2.22. The Morgan fingerprint density at radius 1 is 0.842 bits per heavy atom. The van der Waals surface area contributed by atoms with E-state index in [2.05, 4.69) is 4.98 Å². The van der Waals surface area contributed by atoms with Gasteiger partial charge in [-0.25, -0.2) is 4.79 Å². The topological polar surface area (TPSA) is 37.8 Å². The van der Waals surface area contributed by atoms with E-state index in [1.54, 1.807) is 17.0 Å². The van der Waals surface area contributed by atoms with Crippen LogP contribution in [0.2, 0.25) is 0 Å². The second-order valence-electron chi connectivity index (χ2n) is 4.40. The smallest absolute Gasteiger partial charge is 0.313 e. The molecule has 19 heavy (non-hydrogen) atoms. The van der Waals surface area contributed by atoms with Crippen molar-refractivity contribution in [3.63, 3.8) is 0 Å². The maximum atomic E-state index is 11.9. The Kier molecular flexibility index (Phi) is 3.02. The molecule has 1 aromatic heterocycles. The van der Waals surface area contributed by atoms with E-state index in [0.29, 0.717) is 0 Å². The molecule has 0 atom stereocenters. The molecule has 0 aliphatic carbocycles. The van der Waals surface area contributed by atoms with Crippen LogP contribution in [0, 0.1) is 0 Å². The molecule has 0 saturated heterocycles. The van der Waals surface area contributed by atoms with Gasteiger partial charge in [0.05, 0.1) is 6.04 Å². The van der Waals surface area contributed by atoms with Gasteiger partial charge < -0.3 is 4.98 Å². The van der Waals surface area contributed by atoms with E-state index >= 15 is 0 Å². The largest absolute Gasteiger partial charge is 0.326 e. The van der Waals surface area contributed by atoms with Crippen molar-refractivity contribution >= 4 is 0 Å². The van der Waals surface area contributed by atoms with Gasteiger partial charge in [0.1, 0.15) is 0 Å². The molecule has 0 saturated carbocycles. The Hall–Kier alpha value is -2.55. The molecule has 0 aliphatic rings. The SMILES string of the molecule is O=c1[nH]ccn1C(c1ccccc1)c1ccccc1. The summed E-state index contributed by atoms with van der Waals surface area (Å²) in [5.41, 5.74) is 2.09. The van der Waals surface area contributed by atoms with Crippen LogP contribution in [0.3, 0.4) is 0 Å². The minimum Gasteiger partial charge on any atom is -0.313 e. The summed E-state index contributed by atoms with van der Waals surface area (Å²) < 4.78 is 1.71. The zero-order valence-electron chi connectivity index (χ0n) is 10.4. The van der Waals surface area contributed by atoms with Crippen molar-refractivity contribution in [1.82, 2.24) is 9.55 Å². The molecule has 0 amide bonds. The Morgan fingerprint density at radius 3 is 1.79 bits per heavy atom. The maximum absolute atomic E-state index is 11.9. The van der Waals surface area contributed by atoms with E-state index in [0.717, 1.165) is 11.1 Å². The lowest BCUT2D eigenvalue weighted by molar-refractivity contribution is 0.653. The number of aromatic nitrogens is 2. The highest BCUT2D eigenvalue weighted by Crippen LogP contribution is 2.24. The van der Waals surface area contributed by atoms with Crippen molar-refractivity contribution in [2.75, 3.05) is 0 Å². The first-order valence-corrected chi connectivity index (χ1v) is 6.21. The Balaban J connectivity index is 2.18. The lowest BCUT2D eigenvalue weighted by atomic mass is 9.99. The summed E-state index contributed by atoms with van der Waals surface area (Å²) >= 11 is 0. The van der Waals surface area contributed by atoms with Crippen molar-refractivity contribution in [2.24, 2.45) is 0 Å². The maximum Gasteiger partial charge on any atom is 0.326 e. The van der Waals surface area contributed by atoms with Crippen LogP contribution in [0.5, 0.6) is 0 Å². The molecule has 3 rings (SSSR count). The van der Waals surface area contributed by atoms with Crippen LogP contribution in [0.15, 0.2) is 77.9 Å². The Labute approximate surface area is 111 Å². The van der Waals surface area contributed by atoms with Gasteiger partial charge in [0.25, 0.3) is 0 Å². The van der Waals surface area contributed by atoms with Crippen LogP contribution in [0.1, 0.15) is 17.2 Å². The molecule has 2 aromatic carbocycles. The fourth-order valence-electron chi connectivity index (χ4n) is 2.32. The van der Waals surface area contributed by atoms with E-state index < -0.39 is 0 Å². The van der Waals surface area contributed by atoms with E-state index in [1.165, 1.54) is 0 Å².